The van der Waals surface area contributed by atoms with Gasteiger partial charge < -0.3 is 15.1 Å². The molecule has 2 aliphatic heterocycles. The summed E-state index contributed by atoms with van der Waals surface area (Å²) >= 11 is 0. The third kappa shape index (κ3) is 5.41. The van der Waals surface area contributed by atoms with Crippen molar-refractivity contribution in [1.82, 2.24) is 20.0 Å². The molecule has 1 aromatic rings. The van der Waals surface area contributed by atoms with Gasteiger partial charge in [-0.05, 0) is 37.5 Å². The van der Waals surface area contributed by atoms with Crippen LogP contribution in [0, 0.1) is 11.6 Å². The Morgan fingerprint density at radius 3 is 2.43 bits per heavy atom. The van der Waals surface area contributed by atoms with Crippen LogP contribution in [0.2, 0.25) is 0 Å². The van der Waals surface area contributed by atoms with E-state index in [1.54, 1.807) is 7.05 Å². The lowest BCUT2D eigenvalue weighted by atomic mass is 10.1. The quantitative estimate of drug-likeness (QED) is 0.625. The zero-order valence-corrected chi connectivity index (χ0v) is 16.5. The minimum Gasteiger partial charge on any atom is -0.352 e. The fourth-order valence-corrected chi connectivity index (χ4v) is 3.74. The largest absolute Gasteiger partial charge is 0.352 e. The molecular weight excluding hydrogens is 364 g/mol. The number of amides is 1. The second-order valence-electron chi connectivity index (χ2n) is 7.34. The van der Waals surface area contributed by atoms with Gasteiger partial charge in [0.15, 0.2) is 5.96 Å². The van der Waals surface area contributed by atoms with E-state index in [0.717, 1.165) is 64.2 Å². The maximum Gasteiger partial charge on any atom is 0.236 e. The van der Waals surface area contributed by atoms with E-state index in [1.165, 1.54) is 12.5 Å². The third-order valence-electron chi connectivity index (χ3n) is 5.40. The molecule has 2 saturated heterocycles. The van der Waals surface area contributed by atoms with Gasteiger partial charge in [-0.25, -0.2) is 8.78 Å². The van der Waals surface area contributed by atoms with E-state index in [4.69, 9.17) is 0 Å². The van der Waals surface area contributed by atoms with E-state index in [1.807, 2.05) is 4.90 Å². The Bertz CT molecular complexity index is 698. The minimum atomic E-state index is -0.458. The SMILES string of the molecule is CN=C(NCc1cc(F)ccc1F)N1CCN(CC(=O)N2CCCCC2)CC1. The Morgan fingerprint density at radius 1 is 1.04 bits per heavy atom. The Balaban J connectivity index is 1.46. The summed E-state index contributed by atoms with van der Waals surface area (Å²) in [4.78, 5) is 22.9. The van der Waals surface area contributed by atoms with Gasteiger partial charge in [-0.1, -0.05) is 0 Å². The molecule has 0 atom stereocenters. The number of benzene rings is 1. The van der Waals surface area contributed by atoms with Gasteiger partial charge in [-0.2, -0.15) is 0 Å². The monoisotopic (exact) mass is 393 g/mol. The summed E-state index contributed by atoms with van der Waals surface area (Å²) in [6.45, 7) is 5.41. The lowest BCUT2D eigenvalue weighted by molar-refractivity contribution is -0.133. The number of carbonyl (C=O) groups excluding carboxylic acids is 1. The van der Waals surface area contributed by atoms with Crippen LogP contribution in [0.5, 0.6) is 0 Å². The predicted octanol–water partition coefficient (Wildman–Crippen LogP) is 1.67. The first-order chi connectivity index (χ1) is 13.6. The maximum absolute atomic E-state index is 13.8. The number of halogens is 2. The lowest BCUT2D eigenvalue weighted by Gasteiger charge is -2.37. The average molecular weight is 393 g/mol. The molecule has 0 bridgehead atoms. The van der Waals surface area contributed by atoms with Crippen molar-refractivity contribution in [2.45, 2.75) is 25.8 Å². The first kappa shape index (κ1) is 20.5. The van der Waals surface area contributed by atoms with Gasteiger partial charge in [0.2, 0.25) is 5.91 Å². The Labute approximate surface area is 165 Å². The number of aliphatic imine (C=N–C) groups is 1. The highest BCUT2D eigenvalue weighted by Crippen LogP contribution is 2.11. The van der Waals surface area contributed by atoms with E-state index >= 15 is 0 Å². The van der Waals surface area contributed by atoms with Crippen molar-refractivity contribution in [3.05, 3.63) is 35.4 Å². The molecule has 8 heteroatoms. The normalized spacial score (nSPS) is 19.0. The van der Waals surface area contributed by atoms with Gasteiger partial charge in [0.1, 0.15) is 11.6 Å². The molecule has 0 aliphatic carbocycles. The predicted molar refractivity (Wildman–Crippen MR) is 105 cm³/mol. The van der Waals surface area contributed by atoms with E-state index < -0.39 is 11.6 Å². The summed E-state index contributed by atoms with van der Waals surface area (Å²) in [6.07, 6.45) is 3.43. The number of guanidine groups is 1. The molecule has 0 aromatic heterocycles. The molecule has 1 amide bonds. The first-order valence-corrected chi connectivity index (χ1v) is 9.96. The number of hydrogen-bond donors (Lipinski definition) is 1. The second-order valence-corrected chi connectivity index (χ2v) is 7.34. The van der Waals surface area contributed by atoms with Crippen molar-refractivity contribution in [3.63, 3.8) is 0 Å². The number of rotatable bonds is 4. The van der Waals surface area contributed by atoms with Crippen LogP contribution < -0.4 is 5.32 Å². The van der Waals surface area contributed by atoms with Crippen LogP contribution in [0.15, 0.2) is 23.2 Å². The first-order valence-electron chi connectivity index (χ1n) is 9.96. The second kappa shape index (κ2) is 9.82. The number of nitrogens with one attached hydrogen (secondary N) is 1. The number of piperidine rings is 1. The molecule has 0 saturated carbocycles. The Morgan fingerprint density at radius 2 is 1.75 bits per heavy atom. The summed E-state index contributed by atoms with van der Waals surface area (Å²) < 4.78 is 27.1. The fourth-order valence-electron chi connectivity index (χ4n) is 3.74. The van der Waals surface area contributed by atoms with Crippen molar-refractivity contribution >= 4 is 11.9 Å². The zero-order valence-electron chi connectivity index (χ0n) is 16.5. The molecule has 6 nitrogen and oxygen atoms in total. The molecule has 1 N–H and O–H groups in total. The third-order valence-corrected chi connectivity index (χ3v) is 5.40. The smallest absolute Gasteiger partial charge is 0.236 e. The standard InChI is InChI=1S/C20H29F2N5O/c1-23-20(24-14-16-13-17(21)5-6-18(16)22)27-11-9-25(10-12-27)15-19(28)26-7-3-2-4-8-26/h5-6,13H,2-4,7-12,14-15H2,1H3,(H,23,24). The van der Waals surface area contributed by atoms with Crippen LogP contribution in [0.25, 0.3) is 0 Å². The summed E-state index contributed by atoms with van der Waals surface area (Å²) in [5.74, 6) is -0.0199. The van der Waals surface area contributed by atoms with Crippen molar-refractivity contribution in [2.75, 3.05) is 52.9 Å². The molecule has 154 valence electrons. The van der Waals surface area contributed by atoms with E-state index in [0.29, 0.717) is 12.5 Å². The van der Waals surface area contributed by atoms with Gasteiger partial charge in [0.25, 0.3) is 0 Å². The Kier molecular flexibility index (Phi) is 7.19. The van der Waals surface area contributed by atoms with Crippen molar-refractivity contribution in [1.29, 1.82) is 0 Å². The Hall–Kier alpha value is -2.22. The zero-order chi connectivity index (χ0) is 19.9. The number of carbonyl (C=O) groups is 1. The molecular formula is C20H29F2N5O. The average Bonchev–Trinajstić information content (AvgIpc) is 2.72. The number of hydrogen-bond acceptors (Lipinski definition) is 3. The van der Waals surface area contributed by atoms with Crippen LogP contribution in [0.3, 0.4) is 0 Å². The molecule has 2 heterocycles. The van der Waals surface area contributed by atoms with Gasteiger partial charge in [-0.3, -0.25) is 14.7 Å². The molecule has 0 unspecified atom stereocenters. The highest BCUT2D eigenvalue weighted by molar-refractivity contribution is 5.80. The minimum absolute atomic E-state index is 0.171. The maximum atomic E-state index is 13.8. The summed E-state index contributed by atoms with van der Waals surface area (Å²) in [5.41, 5.74) is 0.270. The summed E-state index contributed by atoms with van der Waals surface area (Å²) in [7, 11) is 1.68. The summed E-state index contributed by atoms with van der Waals surface area (Å²) in [6, 6.07) is 3.44. The highest BCUT2D eigenvalue weighted by Gasteiger charge is 2.24. The molecule has 1 aromatic carbocycles. The van der Waals surface area contributed by atoms with Gasteiger partial charge >= 0.3 is 0 Å². The molecule has 0 radical (unpaired) electrons. The molecule has 3 rings (SSSR count). The number of piperazine rings is 1. The molecule has 0 spiro atoms. The van der Waals surface area contributed by atoms with Crippen molar-refractivity contribution < 1.29 is 13.6 Å². The van der Waals surface area contributed by atoms with Crippen LogP contribution >= 0.6 is 0 Å². The van der Waals surface area contributed by atoms with Crippen LogP contribution in [-0.2, 0) is 11.3 Å². The van der Waals surface area contributed by atoms with Gasteiger partial charge in [0, 0.05) is 58.4 Å². The van der Waals surface area contributed by atoms with E-state index in [-0.39, 0.29) is 18.0 Å². The van der Waals surface area contributed by atoms with Crippen LogP contribution in [-0.4, -0.2) is 79.4 Å². The van der Waals surface area contributed by atoms with Crippen molar-refractivity contribution in [3.8, 4) is 0 Å². The molecule has 2 aliphatic rings. The van der Waals surface area contributed by atoms with E-state index in [2.05, 4.69) is 20.1 Å². The van der Waals surface area contributed by atoms with E-state index in [9.17, 15) is 13.6 Å². The lowest BCUT2D eigenvalue weighted by Crippen LogP contribution is -2.54. The van der Waals surface area contributed by atoms with Gasteiger partial charge in [0.05, 0.1) is 6.54 Å². The molecule has 2 fully saturated rings. The van der Waals surface area contributed by atoms with Crippen LogP contribution in [0.4, 0.5) is 8.78 Å². The summed E-state index contributed by atoms with van der Waals surface area (Å²) in [5, 5.41) is 3.11. The van der Waals surface area contributed by atoms with Crippen LogP contribution in [0.1, 0.15) is 24.8 Å². The number of likely N-dealkylation sites (tertiary alicyclic amines) is 1. The van der Waals surface area contributed by atoms with Gasteiger partial charge in [-0.15, -0.1) is 0 Å². The highest BCUT2D eigenvalue weighted by atomic mass is 19.1. The topological polar surface area (TPSA) is 51.2 Å². The van der Waals surface area contributed by atoms with Crippen molar-refractivity contribution in [2.24, 2.45) is 4.99 Å². The number of nitrogens with zero attached hydrogens (tertiary/aromatic N) is 4. The fraction of sp³-hybridized carbons (Fsp3) is 0.600. The molecule has 28 heavy (non-hydrogen) atoms.